The minimum Gasteiger partial charge on any atom is -0.392 e. The molecule has 1 aliphatic rings. The van der Waals surface area contributed by atoms with E-state index in [-0.39, 0.29) is 18.4 Å². The number of aliphatic hydroxyl groups excluding tert-OH is 1. The van der Waals surface area contributed by atoms with E-state index in [9.17, 15) is 9.59 Å². The Kier molecular flexibility index (Phi) is 5.55. The van der Waals surface area contributed by atoms with Crippen LogP contribution in [0.4, 0.5) is 0 Å². The van der Waals surface area contributed by atoms with Crippen LogP contribution >= 0.6 is 11.3 Å². The summed E-state index contributed by atoms with van der Waals surface area (Å²) >= 11 is 1.69. The van der Waals surface area contributed by atoms with Crippen LogP contribution in [0.15, 0.2) is 66.7 Å². The number of carbonyl (C=O) groups is 2. The van der Waals surface area contributed by atoms with Gasteiger partial charge in [-0.1, -0.05) is 53.8 Å². The third-order valence-electron chi connectivity index (χ3n) is 5.87. The quantitative estimate of drug-likeness (QED) is 0.261. The van der Waals surface area contributed by atoms with Crippen molar-refractivity contribution in [2.24, 2.45) is 0 Å². The number of hydrogen-bond acceptors (Lipinski definition) is 4. The summed E-state index contributed by atoms with van der Waals surface area (Å²) in [5.41, 5.74) is 2.36. The summed E-state index contributed by atoms with van der Waals surface area (Å²) in [5.74, 6) is -0.418. The van der Waals surface area contributed by atoms with Gasteiger partial charge in [0.25, 0.3) is 16.8 Å². The number of imide groups is 1. The number of nitrogens with zero attached hydrogens (tertiary/aromatic N) is 2. The van der Waals surface area contributed by atoms with Gasteiger partial charge < -0.3 is 5.11 Å². The highest BCUT2D eigenvalue weighted by atomic mass is 32.1. The zero-order valence-corrected chi connectivity index (χ0v) is 18.3. The zero-order valence-electron chi connectivity index (χ0n) is 17.5. The van der Waals surface area contributed by atoms with Crippen molar-refractivity contribution in [3.8, 4) is 0 Å². The molecular weight excluding hydrogens is 420 g/mol. The minimum atomic E-state index is -0.209. The Hall–Kier alpha value is -3.35. The number of aromatic nitrogens is 1. The number of unbranched alkanes of at least 4 members (excludes halogenated alkanes) is 1. The van der Waals surface area contributed by atoms with Crippen molar-refractivity contribution >= 4 is 50.2 Å². The number of amides is 2. The molecule has 1 aromatic heterocycles. The van der Waals surface area contributed by atoms with Gasteiger partial charge in [0.2, 0.25) is 5.52 Å². The molecule has 5 rings (SSSR count). The first-order valence-corrected chi connectivity index (χ1v) is 11.6. The van der Waals surface area contributed by atoms with Crippen LogP contribution in [0.2, 0.25) is 0 Å². The molecule has 4 aromatic rings. The summed E-state index contributed by atoms with van der Waals surface area (Å²) in [7, 11) is 0. The van der Waals surface area contributed by atoms with E-state index in [0.717, 1.165) is 40.7 Å². The van der Waals surface area contributed by atoms with Crippen LogP contribution in [-0.4, -0.2) is 35.0 Å². The number of fused-ring (bicyclic) bond motifs is 1. The lowest BCUT2D eigenvalue weighted by Gasteiger charge is -2.27. The second kappa shape index (κ2) is 8.65. The number of aliphatic hydroxyl groups is 1. The van der Waals surface area contributed by atoms with E-state index in [2.05, 4.69) is 16.7 Å². The fourth-order valence-electron chi connectivity index (χ4n) is 4.38. The predicted molar refractivity (Wildman–Crippen MR) is 127 cm³/mol. The lowest BCUT2D eigenvalue weighted by atomic mass is 9.94. The lowest BCUT2D eigenvalue weighted by molar-refractivity contribution is -0.669. The molecular formula is C26H23N2O3S+. The number of thiazole rings is 1. The van der Waals surface area contributed by atoms with Gasteiger partial charge in [0.05, 0.1) is 6.61 Å². The summed E-state index contributed by atoms with van der Waals surface area (Å²) in [5, 5.41) is 11.9. The maximum Gasteiger partial charge on any atom is 0.262 e. The molecule has 6 heteroatoms. The van der Waals surface area contributed by atoms with Crippen molar-refractivity contribution in [1.82, 2.24) is 4.90 Å². The zero-order chi connectivity index (χ0) is 22.1. The van der Waals surface area contributed by atoms with Crippen LogP contribution in [-0.2, 0) is 6.54 Å². The summed E-state index contributed by atoms with van der Waals surface area (Å²) in [6, 6.07) is 19.4. The van der Waals surface area contributed by atoms with Gasteiger partial charge in [-0.25, -0.2) is 0 Å². The molecule has 32 heavy (non-hydrogen) atoms. The maximum absolute atomic E-state index is 13.1. The molecule has 2 amide bonds. The van der Waals surface area contributed by atoms with Gasteiger partial charge in [0, 0.05) is 41.6 Å². The molecule has 0 atom stereocenters. The van der Waals surface area contributed by atoms with Crippen LogP contribution in [0.1, 0.15) is 38.6 Å². The van der Waals surface area contributed by atoms with E-state index in [0.29, 0.717) is 17.7 Å². The molecule has 0 bridgehead atoms. The number of hydrogen-bond donors (Lipinski definition) is 1. The van der Waals surface area contributed by atoms with E-state index in [1.54, 1.807) is 29.5 Å². The molecule has 0 spiro atoms. The molecule has 0 aliphatic carbocycles. The first-order chi connectivity index (χ1) is 15.7. The van der Waals surface area contributed by atoms with Gasteiger partial charge in [0.1, 0.15) is 4.70 Å². The average Bonchev–Trinajstić information content (AvgIpc) is 3.18. The second-order valence-electron chi connectivity index (χ2n) is 7.82. The van der Waals surface area contributed by atoms with Gasteiger partial charge in [-0.2, -0.15) is 4.57 Å². The van der Waals surface area contributed by atoms with Gasteiger partial charge in [-0.15, -0.1) is 0 Å². The van der Waals surface area contributed by atoms with Crippen LogP contribution in [0.25, 0.3) is 27.1 Å². The molecule has 0 radical (unpaired) electrons. The third-order valence-corrected chi connectivity index (χ3v) is 7.00. The van der Waals surface area contributed by atoms with Gasteiger partial charge >= 0.3 is 0 Å². The van der Waals surface area contributed by atoms with Crippen molar-refractivity contribution in [3.63, 3.8) is 0 Å². The summed E-state index contributed by atoms with van der Waals surface area (Å²) in [6.07, 6.45) is 5.23. The molecule has 0 saturated carbocycles. The van der Waals surface area contributed by atoms with Gasteiger partial charge in [-0.05, 0) is 30.0 Å². The van der Waals surface area contributed by atoms with E-state index < -0.39 is 0 Å². The first-order valence-electron chi connectivity index (χ1n) is 10.8. The second-order valence-corrected chi connectivity index (χ2v) is 8.89. The SMILES string of the molecule is O=C1c2cccc3cccc(c23)C(=O)N1CCCC[n+]1c(/C=C/CO)sc2ccccc21. The summed E-state index contributed by atoms with van der Waals surface area (Å²) in [4.78, 5) is 27.5. The molecule has 2 heterocycles. The monoisotopic (exact) mass is 443 g/mol. The molecule has 3 aromatic carbocycles. The van der Waals surface area contributed by atoms with Gasteiger partial charge in [-0.3, -0.25) is 14.5 Å². The van der Waals surface area contributed by atoms with E-state index in [1.807, 2.05) is 42.5 Å². The van der Waals surface area contributed by atoms with Crippen LogP contribution in [0.5, 0.6) is 0 Å². The largest absolute Gasteiger partial charge is 0.392 e. The molecule has 160 valence electrons. The van der Waals surface area contributed by atoms with E-state index in [1.165, 1.54) is 9.60 Å². The minimum absolute atomic E-state index is 0.00164. The van der Waals surface area contributed by atoms with Crippen molar-refractivity contribution in [2.45, 2.75) is 19.4 Å². The Morgan fingerprint density at radius 2 is 1.62 bits per heavy atom. The predicted octanol–water partition coefficient (Wildman–Crippen LogP) is 4.42. The fraction of sp³-hybridized carbons (Fsp3) is 0.192. The lowest BCUT2D eigenvalue weighted by Crippen LogP contribution is -2.41. The topological polar surface area (TPSA) is 61.5 Å². The van der Waals surface area contributed by atoms with Crippen LogP contribution in [0.3, 0.4) is 0 Å². The Morgan fingerprint density at radius 3 is 2.34 bits per heavy atom. The fourth-order valence-corrected chi connectivity index (χ4v) is 5.50. The van der Waals surface area contributed by atoms with Crippen molar-refractivity contribution in [1.29, 1.82) is 0 Å². The molecule has 0 saturated heterocycles. The Bertz CT molecular complexity index is 1320. The van der Waals surface area contributed by atoms with Gasteiger partial charge in [0.15, 0.2) is 6.54 Å². The molecule has 1 aliphatic heterocycles. The highest BCUT2D eigenvalue weighted by Crippen LogP contribution is 2.30. The van der Waals surface area contributed by atoms with E-state index in [4.69, 9.17) is 5.11 Å². The van der Waals surface area contributed by atoms with Crippen molar-refractivity contribution in [2.75, 3.05) is 13.2 Å². The molecule has 0 fully saturated rings. The highest BCUT2D eigenvalue weighted by molar-refractivity contribution is 7.18. The van der Waals surface area contributed by atoms with Crippen LogP contribution < -0.4 is 4.57 Å². The Labute approximate surface area is 189 Å². The summed E-state index contributed by atoms with van der Waals surface area (Å²) in [6.45, 7) is 1.17. The first kappa shape index (κ1) is 20.5. The molecule has 0 unspecified atom stereocenters. The van der Waals surface area contributed by atoms with Crippen LogP contribution in [0, 0.1) is 0 Å². The number of para-hydroxylation sites is 1. The highest BCUT2D eigenvalue weighted by Gasteiger charge is 2.32. The number of carbonyl (C=O) groups excluding carboxylic acids is 2. The standard InChI is InChI=1S/C26H23N2O3S/c29-17-7-14-23-27(21-12-1-2-13-22(21)32-23)15-3-4-16-28-25(30)19-10-5-8-18-9-6-11-20(24(18)19)26(28)31/h1-2,5-14,29H,3-4,15-17H2/q+1/b14-7+. The van der Waals surface area contributed by atoms with Crippen molar-refractivity contribution < 1.29 is 19.3 Å². The summed E-state index contributed by atoms with van der Waals surface area (Å²) < 4.78 is 3.43. The Balaban J connectivity index is 1.32. The molecule has 5 nitrogen and oxygen atoms in total. The number of rotatable bonds is 7. The molecule has 1 N–H and O–H groups in total. The third kappa shape index (κ3) is 3.51. The number of aryl methyl sites for hydroxylation is 1. The van der Waals surface area contributed by atoms with E-state index >= 15 is 0 Å². The van der Waals surface area contributed by atoms with Crippen molar-refractivity contribution in [3.05, 3.63) is 82.9 Å². The average molecular weight is 444 g/mol. The number of benzene rings is 3. The Morgan fingerprint density at radius 1 is 0.906 bits per heavy atom. The maximum atomic E-state index is 13.1. The smallest absolute Gasteiger partial charge is 0.262 e. The normalized spacial score (nSPS) is 13.7.